The highest BCUT2D eigenvalue weighted by Gasteiger charge is 2.58. The fourth-order valence-corrected chi connectivity index (χ4v) is 11.8. The van der Waals surface area contributed by atoms with Gasteiger partial charge in [-0.2, -0.15) is 5.43 Å². The number of aliphatic hydroxyl groups is 1. The monoisotopic (exact) mass is 882 g/mol. The van der Waals surface area contributed by atoms with Crippen LogP contribution in [0.25, 0.3) is 22.2 Å². The van der Waals surface area contributed by atoms with Gasteiger partial charge in [0.25, 0.3) is 5.91 Å². The second-order valence-electron chi connectivity index (χ2n) is 19.6. The lowest BCUT2D eigenvalue weighted by Gasteiger charge is -2.40. The molecule has 6 bridgehead atoms. The number of anilines is 1. The molecular weight excluding hydrogens is 821 g/mol. The lowest BCUT2D eigenvalue weighted by atomic mass is 9.84. The number of hydrazine groups is 1. The number of pyridine rings is 1. The number of benzene rings is 1. The maximum atomic E-state index is 14.3. The van der Waals surface area contributed by atoms with E-state index < -0.39 is 29.1 Å². The molecular formula is C47H62N8O7S. The summed E-state index contributed by atoms with van der Waals surface area (Å²) >= 11 is 1.61. The lowest BCUT2D eigenvalue weighted by molar-refractivity contribution is -0.189. The van der Waals surface area contributed by atoms with Crippen LogP contribution in [-0.4, -0.2) is 131 Å². The highest BCUT2D eigenvalue weighted by molar-refractivity contribution is 8.14. The average Bonchev–Trinajstić information content (AvgIpc) is 4.11. The summed E-state index contributed by atoms with van der Waals surface area (Å²) in [6.07, 6.45) is 5.52. The first-order chi connectivity index (χ1) is 30.3. The van der Waals surface area contributed by atoms with Crippen molar-refractivity contribution < 1.29 is 33.7 Å². The summed E-state index contributed by atoms with van der Waals surface area (Å²) in [5.41, 5.74) is 7.45. The van der Waals surface area contributed by atoms with Crippen LogP contribution in [0.2, 0.25) is 0 Å². The second-order valence-corrected chi connectivity index (χ2v) is 20.7. The van der Waals surface area contributed by atoms with Gasteiger partial charge >= 0.3 is 5.97 Å². The summed E-state index contributed by atoms with van der Waals surface area (Å²) in [6.45, 7) is 14.4. The van der Waals surface area contributed by atoms with Crippen LogP contribution in [0, 0.1) is 23.2 Å². The predicted octanol–water partition coefficient (Wildman–Crippen LogP) is 4.61. The first-order valence-corrected chi connectivity index (χ1v) is 24.1. The summed E-state index contributed by atoms with van der Waals surface area (Å²) in [6, 6.07) is 8.60. The molecule has 3 N–H and O–H groups in total. The molecule has 2 unspecified atom stereocenters. The van der Waals surface area contributed by atoms with Gasteiger partial charge in [0.1, 0.15) is 6.04 Å². The Bertz CT molecular complexity index is 2310. The van der Waals surface area contributed by atoms with Crippen molar-refractivity contribution in [1.82, 2.24) is 30.2 Å². The summed E-state index contributed by atoms with van der Waals surface area (Å²) in [5.74, 6) is -0.586. The van der Waals surface area contributed by atoms with Gasteiger partial charge in [-0.05, 0) is 80.7 Å². The zero-order valence-electron chi connectivity index (χ0n) is 37.2. The Morgan fingerprint density at radius 3 is 2.62 bits per heavy atom. The minimum absolute atomic E-state index is 0.0195. The van der Waals surface area contributed by atoms with Crippen molar-refractivity contribution >= 4 is 51.2 Å². The number of amides is 2. The molecule has 1 aromatic carbocycles. The Kier molecular flexibility index (Phi) is 11.4. The Morgan fingerprint density at radius 1 is 1.11 bits per heavy atom. The molecule has 7 atom stereocenters. The van der Waals surface area contributed by atoms with Crippen LogP contribution < -0.4 is 15.6 Å². The summed E-state index contributed by atoms with van der Waals surface area (Å²) in [4.78, 5) is 57.4. The number of aromatic nitrogens is 2. The van der Waals surface area contributed by atoms with Crippen molar-refractivity contribution in [1.29, 1.82) is 0 Å². The van der Waals surface area contributed by atoms with Gasteiger partial charge in [-0.25, -0.2) is 4.79 Å². The van der Waals surface area contributed by atoms with Crippen LogP contribution in [0.5, 0.6) is 0 Å². The molecule has 0 spiro atoms. The SMILES string of the molecule is CCn1c(-c2cc(N3CCN(C4CC4)CC3)cnc2[C@H](C)OC)c2c3cc(ccc31)C1CSC(=N1)C[C@H](NC(=O)C1[C@H]3COC[C@@H]13)C(=O)N1CCC[C@@](O)(N1)C(=O)OCC(C)(C)C2. The molecule has 2 saturated carbocycles. The zero-order valence-corrected chi connectivity index (χ0v) is 38.0. The number of esters is 1. The Morgan fingerprint density at radius 2 is 1.89 bits per heavy atom. The minimum Gasteiger partial charge on any atom is -0.462 e. The molecule has 15 nitrogen and oxygen atoms in total. The number of hydrogen-bond donors (Lipinski definition) is 3. The molecule has 338 valence electrons. The first kappa shape index (κ1) is 42.9. The normalized spacial score (nSPS) is 30.4. The van der Waals surface area contributed by atoms with Crippen molar-refractivity contribution in [2.45, 2.75) is 103 Å². The lowest BCUT2D eigenvalue weighted by Crippen LogP contribution is -2.67. The summed E-state index contributed by atoms with van der Waals surface area (Å²) in [5, 5.41) is 18.0. The van der Waals surface area contributed by atoms with Gasteiger partial charge in [-0.3, -0.25) is 29.5 Å². The number of fused-ring (bicyclic) bond motifs is 6. The molecule has 7 aliphatic rings. The smallest absolute Gasteiger partial charge is 0.355 e. The predicted molar refractivity (Wildman–Crippen MR) is 241 cm³/mol. The van der Waals surface area contributed by atoms with E-state index in [0.717, 1.165) is 81.9 Å². The number of carbonyl (C=O) groups excluding carboxylic acids is 3. The first-order valence-electron chi connectivity index (χ1n) is 23.1. The molecule has 63 heavy (non-hydrogen) atoms. The average molecular weight is 883 g/mol. The van der Waals surface area contributed by atoms with E-state index in [0.29, 0.717) is 38.4 Å². The minimum atomic E-state index is -2.13. The zero-order chi connectivity index (χ0) is 43.8. The number of ether oxygens (including phenoxy) is 3. The number of aliphatic imine (C=N–C) groups is 1. The molecule has 2 aromatic heterocycles. The van der Waals surface area contributed by atoms with Crippen LogP contribution in [-0.2, 0) is 41.6 Å². The van der Waals surface area contributed by atoms with Gasteiger partial charge < -0.3 is 34.1 Å². The quantitative estimate of drug-likeness (QED) is 0.270. The fourth-order valence-electron chi connectivity index (χ4n) is 10.7. The van der Waals surface area contributed by atoms with E-state index in [2.05, 4.69) is 70.1 Å². The summed E-state index contributed by atoms with van der Waals surface area (Å²) in [7, 11) is 1.72. The number of hydrogen-bond acceptors (Lipinski definition) is 13. The highest BCUT2D eigenvalue weighted by atomic mass is 32.2. The third kappa shape index (κ3) is 8.17. The summed E-state index contributed by atoms with van der Waals surface area (Å²) < 4.78 is 19.9. The maximum absolute atomic E-state index is 14.3. The molecule has 2 amide bonds. The van der Waals surface area contributed by atoms with Crippen molar-refractivity contribution in [3.63, 3.8) is 0 Å². The molecule has 3 aromatic rings. The number of aryl methyl sites for hydroxylation is 1. The third-order valence-corrected chi connectivity index (χ3v) is 15.7. The second kappa shape index (κ2) is 16.7. The molecule has 0 radical (unpaired) electrons. The standard InChI is InChI=1S/C47H62N8O7S/c1-6-54-38-11-8-28-18-31(38)33(42(54)32-19-30(22-48-41(32)27(2)60-5)53-16-14-52(15-17-53)29-9-10-29)21-46(3,4)26-62-45(58)47(59)12-7-13-55(51-47)44(57)36(20-39-49-37(28)25-63-39)50-43(56)40-34-23-61-24-35(34)40/h8,11,18-19,22,27,29,34-37,40,51,59H,6-7,9-10,12-17,20-21,23-26H2,1-5H3,(H,50,56)/t27-,34-,35+,36-,37?,40?,47-/m0/s1. The number of rotatable bonds is 8. The van der Waals surface area contributed by atoms with E-state index in [1.807, 2.05) is 13.1 Å². The van der Waals surface area contributed by atoms with E-state index in [9.17, 15) is 19.5 Å². The molecule has 7 heterocycles. The van der Waals surface area contributed by atoms with E-state index in [1.54, 1.807) is 18.9 Å². The maximum Gasteiger partial charge on any atom is 0.355 e. The number of cyclic esters (lactones) is 1. The molecule has 5 fully saturated rings. The van der Waals surface area contributed by atoms with Gasteiger partial charge in [-0.15, -0.1) is 11.8 Å². The van der Waals surface area contributed by atoms with Gasteiger partial charge in [0.05, 0.1) is 60.3 Å². The van der Waals surface area contributed by atoms with Gasteiger partial charge in [0.15, 0.2) is 0 Å². The Hall–Kier alpha value is -4.06. The van der Waals surface area contributed by atoms with Crippen LogP contribution in [0.15, 0.2) is 35.5 Å². The van der Waals surface area contributed by atoms with Crippen molar-refractivity contribution in [3.05, 3.63) is 47.3 Å². The van der Waals surface area contributed by atoms with Crippen LogP contribution >= 0.6 is 11.8 Å². The number of methoxy groups -OCH3 is 1. The van der Waals surface area contributed by atoms with Gasteiger partial charge in [0, 0.05) is 98.8 Å². The Balaban J connectivity index is 1.06. The highest BCUT2D eigenvalue weighted by Crippen LogP contribution is 2.51. The van der Waals surface area contributed by atoms with Crippen molar-refractivity contribution in [2.75, 3.05) is 70.3 Å². The molecule has 2 aliphatic carbocycles. The van der Waals surface area contributed by atoms with E-state index in [1.165, 1.54) is 17.9 Å². The molecule has 10 rings (SSSR count). The molecule has 3 saturated heterocycles. The third-order valence-electron chi connectivity index (χ3n) is 14.6. The largest absolute Gasteiger partial charge is 0.462 e. The molecule has 16 heteroatoms. The van der Waals surface area contributed by atoms with Crippen LogP contribution in [0.4, 0.5) is 5.69 Å². The topological polar surface area (TPSA) is 163 Å². The Labute approximate surface area is 373 Å². The van der Waals surface area contributed by atoms with Gasteiger partial charge in [0.2, 0.25) is 11.6 Å². The van der Waals surface area contributed by atoms with E-state index in [4.69, 9.17) is 24.2 Å². The van der Waals surface area contributed by atoms with Crippen LogP contribution in [0.1, 0.15) is 88.8 Å². The number of piperazine rings is 1. The van der Waals surface area contributed by atoms with E-state index in [-0.39, 0.29) is 61.8 Å². The van der Waals surface area contributed by atoms with Crippen molar-refractivity contribution in [2.24, 2.45) is 28.2 Å². The van der Waals surface area contributed by atoms with E-state index >= 15 is 0 Å². The molecule has 5 aliphatic heterocycles. The fraction of sp³-hybridized carbons (Fsp3) is 0.638. The van der Waals surface area contributed by atoms with Gasteiger partial charge in [-0.1, -0.05) is 19.9 Å². The van der Waals surface area contributed by atoms with Crippen LogP contribution in [0.3, 0.4) is 0 Å². The number of carbonyl (C=O) groups is 3. The number of nitrogens with one attached hydrogen (secondary N) is 2. The number of nitrogens with zero attached hydrogens (tertiary/aromatic N) is 6. The number of thioether (sulfide) groups is 1. The van der Waals surface area contributed by atoms with Crippen molar-refractivity contribution in [3.8, 4) is 11.3 Å².